The maximum Gasteiger partial charge on any atom is 0.251 e. The molecule has 49 heavy (non-hydrogen) atoms. The summed E-state index contributed by atoms with van der Waals surface area (Å²) in [4.78, 5) is 36.0. The lowest BCUT2D eigenvalue weighted by Gasteiger charge is -2.62. The lowest BCUT2D eigenvalue weighted by atomic mass is 9.45. The van der Waals surface area contributed by atoms with Gasteiger partial charge in [-0.3, -0.25) is 19.3 Å². The minimum absolute atomic E-state index is 0.0556. The molecule has 0 aromatic heterocycles. The summed E-state index contributed by atoms with van der Waals surface area (Å²) < 4.78 is 5.99. The first-order valence-corrected chi connectivity index (χ1v) is 18.3. The summed E-state index contributed by atoms with van der Waals surface area (Å²) in [6.45, 7) is 13.3. The van der Waals surface area contributed by atoms with Crippen molar-refractivity contribution in [3.8, 4) is 16.9 Å². The molecule has 3 aliphatic carbocycles. The molecule has 10 heteroatoms. The van der Waals surface area contributed by atoms with Crippen molar-refractivity contribution in [2.45, 2.75) is 97.2 Å². The summed E-state index contributed by atoms with van der Waals surface area (Å²) in [6, 6.07) is 13.0. The minimum Gasteiger partial charge on any atom is -0.496 e. The van der Waals surface area contributed by atoms with Crippen LogP contribution in [0.3, 0.4) is 0 Å². The number of ether oxygens (including phenoxy) is 1. The third kappa shape index (κ3) is 6.87. The van der Waals surface area contributed by atoms with Gasteiger partial charge < -0.3 is 25.6 Å². The Hall–Kier alpha value is -3.02. The molecule has 5 aliphatic rings. The number of methoxy groups -OCH3 is 1. The fourth-order valence-corrected chi connectivity index (χ4v) is 9.51. The number of likely N-dealkylation sites (tertiary alicyclic amines) is 1. The van der Waals surface area contributed by atoms with Crippen molar-refractivity contribution in [1.82, 2.24) is 20.6 Å². The van der Waals surface area contributed by atoms with Gasteiger partial charge in [0.1, 0.15) is 17.9 Å². The van der Waals surface area contributed by atoms with Crippen LogP contribution in [0.15, 0.2) is 42.5 Å². The first-order valence-electron chi connectivity index (χ1n) is 18.3. The average molecular weight is 677 g/mol. The first kappa shape index (κ1) is 35.8. The van der Waals surface area contributed by atoms with Crippen molar-refractivity contribution >= 4 is 11.8 Å². The molecule has 0 spiro atoms. The van der Waals surface area contributed by atoms with Crippen LogP contribution in [0.25, 0.3) is 11.1 Å². The first-order chi connectivity index (χ1) is 23.5. The molecule has 2 aromatic carbocycles. The van der Waals surface area contributed by atoms with E-state index in [9.17, 15) is 19.8 Å². The van der Waals surface area contributed by atoms with Crippen LogP contribution in [0.5, 0.6) is 5.75 Å². The molecule has 7 rings (SSSR count). The largest absolute Gasteiger partial charge is 0.496 e. The Morgan fingerprint density at radius 3 is 2.61 bits per heavy atom. The van der Waals surface area contributed by atoms with E-state index in [4.69, 9.17) is 9.57 Å². The van der Waals surface area contributed by atoms with Crippen LogP contribution < -0.4 is 15.4 Å². The van der Waals surface area contributed by atoms with Gasteiger partial charge in [0.2, 0.25) is 5.91 Å². The Morgan fingerprint density at radius 1 is 1.16 bits per heavy atom. The number of nitrogens with zero attached hydrogens (tertiary/aromatic N) is 2. The second-order valence-electron chi connectivity index (χ2n) is 15.4. The molecule has 2 bridgehead atoms. The number of nitrogens with one attached hydrogen (secondary N) is 2. The Labute approximate surface area is 291 Å². The van der Waals surface area contributed by atoms with E-state index in [-0.39, 0.29) is 31.0 Å². The molecule has 5 fully saturated rings. The number of hydrogen-bond acceptors (Lipinski definition) is 8. The molecule has 2 aliphatic heterocycles. The van der Waals surface area contributed by atoms with Crippen LogP contribution in [-0.4, -0.2) is 95.7 Å². The number of likely N-dealkylation sites (N-methyl/N-ethyl adjacent to an activating group) is 1. The van der Waals surface area contributed by atoms with Gasteiger partial charge >= 0.3 is 0 Å². The molecule has 3 saturated carbocycles. The van der Waals surface area contributed by atoms with Crippen LogP contribution in [0, 0.1) is 29.1 Å². The van der Waals surface area contributed by atoms with Gasteiger partial charge in [0.05, 0.1) is 26.4 Å². The molecule has 4 N–H and O–H groups in total. The minimum atomic E-state index is -0.880. The zero-order valence-corrected chi connectivity index (χ0v) is 30.0. The molecule has 9 atom stereocenters. The topological polar surface area (TPSA) is 124 Å². The van der Waals surface area contributed by atoms with Crippen LogP contribution in [0.2, 0.25) is 0 Å². The highest BCUT2D eigenvalue weighted by Crippen LogP contribution is 2.61. The summed E-state index contributed by atoms with van der Waals surface area (Å²) in [5, 5.41) is 29.2. The molecule has 2 saturated heterocycles. The SMILES string of the molecule is CCN1CCC[C@H]1CNC(=O)c1cccc(-c2cccc(CN3O[C@@H](CO)[C@H]([C@H](C)O)[C@H]3C(=O)N[C@H]3C[C@H]4C[C@H]([C@@H]3C)C4(C)C)c2OC)c1. The number of rotatable bonds is 12. The molecule has 0 radical (unpaired) electrons. The van der Waals surface area contributed by atoms with Crippen molar-refractivity contribution in [2.75, 3.05) is 33.4 Å². The predicted molar refractivity (Wildman–Crippen MR) is 189 cm³/mol. The molecule has 0 unspecified atom stereocenters. The van der Waals surface area contributed by atoms with Crippen molar-refractivity contribution < 1.29 is 29.4 Å². The monoisotopic (exact) mass is 676 g/mol. The van der Waals surface area contributed by atoms with Crippen molar-refractivity contribution in [2.24, 2.45) is 29.1 Å². The van der Waals surface area contributed by atoms with Crippen LogP contribution in [0.1, 0.15) is 76.2 Å². The summed E-state index contributed by atoms with van der Waals surface area (Å²) in [5.74, 6) is 1.20. The van der Waals surface area contributed by atoms with Gasteiger partial charge in [0, 0.05) is 41.2 Å². The second kappa shape index (κ2) is 14.7. The standard InChI is InChI=1S/C39H56N4O6/c1-7-42-16-10-14-29(42)20-40-37(46)26-12-8-11-25(17-26)30-15-9-13-27(36(30)48-6)21-43-35(34(24(3)45)33(22-44)49-43)38(47)41-32-19-28-18-31(23(32)2)39(28,4)5/h8-9,11-13,15,17,23-24,28-29,31-35,44-45H,7,10,14,16,18-22H2,1-6H3,(H,40,46)(H,41,47)/t23-,24-,28+,29-,31+,32-,33-,34-,35-/m0/s1. The van der Waals surface area contributed by atoms with Gasteiger partial charge in [-0.05, 0) is 86.6 Å². The Kier molecular flexibility index (Phi) is 10.7. The summed E-state index contributed by atoms with van der Waals surface area (Å²) in [5.41, 5.74) is 3.30. The fraction of sp³-hybridized carbons (Fsp3) is 0.641. The van der Waals surface area contributed by atoms with Crippen LogP contribution in [-0.2, 0) is 16.2 Å². The maximum atomic E-state index is 14.1. The number of benzene rings is 2. The Bertz CT molecular complexity index is 1500. The number of aliphatic hydroxyl groups excluding tert-OH is 2. The zero-order chi connectivity index (χ0) is 35.0. The molecule has 2 amide bonds. The fourth-order valence-electron chi connectivity index (χ4n) is 9.51. The number of para-hydroxylation sites is 1. The van der Waals surface area contributed by atoms with Crippen molar-refractivity contribution in [3.05, 3.63) is 53.6 Å². The molecule has 10 nitrogen and oxygen atoms in total. The lowest BCUT2D eigenvalue weighted by Crippen LogP contribution is -2.62. The summed E-state index contributed by atoms with van der Waals surface area (Å²) in [7, 11) is 1.61. The number of aliphatic hydroxyl groups is 2. The molecule has 2 heterocycles. The van der Waals surface area contributed by atoms with Gasteiger partial charge in [-0.1, -0.05) is 58.0 Å². The predicted octanol–water partition coefficient (Wildman–Crippen LogP) is 4.24. The third-order valence-corrected chi connectivity index (χ3v) is 12.5. The van der Waals surface area contributed by atoms with E-state index >= 15 is 0 Å². The number of carbonyl (C=O) groups excluding carboxylic acids is 2. The zero-order valence-electron chi connectivity index (χ0n) is 30.0. The highest BCUT2D eigenvalue weighted by molar-refractivity contribution is 5.95. The molecule has 2 aromatic rings. The van der Waals surface area contributed by atoms with Gasteiger partial charge in [-0.15, -0.1) is 0 Å². The average Bonchev–Trinajstić information content (AvgIpc) is 3.71. The second-order valence-corrected chi connectivity index (χ2v) is 15.4. The van der Waals surface area contributed by atoms with E-state index in [0.29, 0.717) is 47.1 Å². The van der Waals surface area contributed by atoms with Gasteiger partial charge in [-0.2, -0.15) is 5.06 Å². The van der Waals surface area contributed by atoms with E-state index in [2.05, 4.69) is 43.2 Å². The van der Waals surface area contributed by atoms with E-state index in [0.717, 1.165) is 49.0 Å². The number of fused-ring (bicyclic) bond motifs is 2. The normalized spacial score (nSPS) is 31.6. The van der Waals surface area contributed by atoms with E-state index < -0.39 is 24.2 Å². The van der Waals surface area contributed by atoms with Crippen LogP contribution >= 0.6 is 0 Å². The number of carbonyl (C=O) groups is 2. The number of amides is 2. The van der Waals surface area contributed by atoms with Crippen molar-refractivity contribution in [1.29, 1.82) is 0 Å². The highest BCUT2D eigenvalue weighted by Gasteiger charge is 2.57. The molecule has 268 valence electrons. The highest BCUT2D eigenvalue weighted by atomic mass is 16.7. The van der Waals surface area contributed by atoms with E-state index in [1.54, 1.807) is 19.1 Å². The molecular weight excluding hydrogens is 620 g/mol. The summed E-state index contributed by atoms with van der Waals surface area (Å²) >= 11 is 0. The number of hydrogen-bond donors (Lipinski definition) is 4. The smallest absolute Gasteiger partial charge is 0.251 e. The van der Waals surface area contributed by atoms with E-state index in [1.165, 1.54) is 6.42 Å². The van der Waals surface area contributed by atoms with Crippen LogP contribution in [0.4, 0.5) is 0 Å². The summed E-state index contributed by atoms with van der Waals surface area (Å²) in [6.07, 6.45) is 2.80. The van der Waals surface area contributed by atoms with E-state index in [1.807, 2.05) is 42.5 Å². The van der Waals surface area contributed by atoms with Gasteiger partial charge in [-0.25, -0.2) is 0 Å². The van der Waals surface area contributed by atoms with Crippen molar-refractivity contribution in [3.63, 3.8) is 0 Å². The van der Waals surface area contributed by atoms with Gasteiger partial charge in [0.25, 0.3) is 5.91 Å². The Morgan fingerprint density at radius 2 is 1.94 bits per heavy atom. The van der Waals surface area contributed by atoms with Gasteiger partial charge in [0.15, 0.2) is 0 Å². The molecular formula is C39H56N4O6. The third-order valence-electron chi connectivity index (χ3n) is 12.5. The quantitative estimate of drug-likeness (QED) is 0.264. The lowest BCUT2D eigenvalue weighted by molar-refractivity contribution is -0.183. The maximum absolute atomic E-state index is 14.1. The number of hydroxylamine groups is 2. The Balaban J connectivity index is 1.21.